The number of halogens is 1. The normalized spacial score (nSPS) is 16.6. The predicted octanol–water partition coefficient (Wildman–Crippen LogP) is 2.82. The smallest absolute Gasteiger partial charge is 0.261 e. The van der Waals surface area contributed by atoms with Crippen molar-refractivity contribution < 1.29 is 9.13 Å². The van der Waals surface area contributed by atoms with Gasteiger partial charge >= 0.3 is 0 Å². The number of nitrogens with zero attached hydrogens (tertiary/aromatic N) is 6. The number of aryl methyl sites for hydroxylation is 2. The van der Waals surface area contributed by atoms with Gasteiger partial charge in [0.2, 0.25) is 0 Å². The van der Waals surface area contributed by atoms with Gasteiger partial charge in [0.05, 0.1) is 25.5 Å². The average molecular weight is 434 g/mol. The van der Waals surface area contributed by atoms with Gasteiger partial charge in [-0.3, -0.25) is 13.9 Å². The number of fused-ring (bicyclic) bond motifs is 1. The van der Waals surface area contributed by atoms with E-state index in [9.17, 15) is 9.18 Å². The molecule has 1 saturated heterocycles. The van der Waals surface area contributed by atoms with Gasteiger partial charge in [0.15, 0.2) is 5.65 Å². The summed E-state index contributed by atoms with van der Waals surface area (Å²) in [5.74, 6) is 0.154. The quantitative estimate of drug-likeness (QED) is 0.494. The van der Waals surface area contributed by atoms with E-state index >= 15 is 0 Å². The van der Waals surface area contributed by atoms with Gasteiger partial charge < -0.3 is 9.64 Å². The first-order chi connectivity index (χ1) is 15.4. The molecule has 1 atom stereocenters. The van der Waals surface area contributed by atoms with Gasteiger partial charge in [0.1, 0.15) is 23.4 Å². The van der Waals surface area contributed by atoms with Crippen molar-refractivity contribution >= 4 is 11.5 Å². The highest BCUT2D eigenvalue weighted by Crippen LogP contribution is 2.29. The molecule has 0 spiro atoms. The number of ether oxygens (including phenoxy) is 1. The van der Waals surface area contributed by atoms with Crippen LogP contribution in [-0.2, 0) is 11.8 Å². The van der Waals surface area contributed by atoms with Crippen LogP contribution in [0.5, 0.6) is 0 Å². The molecule has 9 heteroatoms. The summed E-state index contributed by atoms with van der Waals surface area (Å²) in [6.07, 6.45) is 5.22. The molecule has 1 aromatic carbocycles. The average Bonchev–Trinajstić information content (AvgIpc) is 3.24. The van der Waals surface area contributed by atoms with Crippen LogP contribution in [-0.4, -0.2) is 43.8 Å². The van der Waals surface area contributed by atoms with Crippen LogP contribution in [0, 0.1) is 19.7 Å². The summed E-state index contributed by atoms with van der Waals surface area (Å²) < 4.78 is 23.9. The van der Waals surface area contributed by atoms with E-state index in [0.717, 1.165) is 5.56 Å². The number of rotatable bonds is 3. The maximum absolute atomic E-state index is 14.7. The Labute approximate surface area is 183 Å². The number of benzene rings is 1. The van der Waals surface area contributed by atoms with Crippen molar-refractivity contribution in [1.82, 2.24) is 24.1 Å². The molecule has 3 aromatic heterocycles. The molecular formula is C23H23FN6O2. The predicted molar refractivity (Wildman–Crippen MR) is 118 cm³/mol. The first kappa shape index (κ1) is 20.3. The highest BCUT2D eigenvalue weighted by Gasteiger charge is 2.26. The summed E-state index contributed by atoms with van der Waals surface area (Å²) >= 11 is 0. The Hall–Kier alpha value is -3.59. The van der Waals surface area contributed by atoms with E-state index in [1.54, 1.807) is 49.1 Å². The van der Waals surface area contributed by atoms with Crippen LogP contribution in [0.4, 0.5) is 10.2 Å². The lowest BCUT2D eigenvalue weighted by molar-refractivity contribution is 0.0394. The van der Waals surface area contributed by atoms with Crippen molar-refractivity contribution in [3.05, 3.63) is 75.8 Å². The number of morpholine rings is 1. The van der Waals surface area contributed by atoms with Crippen LogP contribution in [0.1, 0.15) is 22.9 Å². The lowest BCUT2D eigenvalue weighted by atomic mass is 10.1. The first-order valence-electron chi connectivity index (χ1n) is 10.4. The molecule has 4 heterocycles. The van der Waals surface area contributed by atoms with E-state index in [0.29, 0.717) is 53.7 Å². The molecule has 1 aliphatic heterocycles. The van der Waals surface area contributed by atoms with Gasteiger partial charge in [-0.25, -0.2) is 14.4 Å². The van der Waals surface area contributed by atoms with Crippen molar-refractivity contribution in [1.29, 1.82) is 0 Å². The van der Waals surface area contributed by atoms with E-state index in [-0.39, 0.29) is 11.7 Å². The van der Waals surface area contributed by atoms with Gasteiger partial charge in [-0.15, -0.1) is 0 Å². The summed E-state index contributed by atoms with van der Waals surface area (Å²) in [5.41, 5.74) is 2.91. The third-order valence-electron chi connectivity index (χ3n) is 5.88. The molecule has 1 fully saturated rings. The molecule has 8 nitrogen and oxygen atoms in total. The van der Waals surface area contributed by atoms with E-state index in [1.807, 2.05) is 18.1 Å². The van der Waals surface area contributed by atoms with Crippen LogP contribution in [0.15, 0.2) is 47.7 Å². The molecule has 0 N–H and O–H groups in total. The minimum Gasteiger partial charge on any atom is -0.370 e. The van der Waals surface area contributed by atoms with E-state index in [4.69, 9.17) is 9.72 Å². The van der Waals surface area contributed by atoms with Crippen LogP contribution in [0.25, 0.3) is 16.9 Å². The maximum atomic E-state index is 14.7. The lowest BCUT2D eigenvalue weighted by Gasteiger charge is -2.33. The zero-order valence-electron chi connectivity index (χ0n) is 18.1. The molecule has 0 radical (unpaired) electrons. The zero-order chi connectivity index (χ0) is 22.4. The Morgan fingerprint density at radius 3 is 2.72 bits per heavy atom. The third-order valence-corrected chi connectivity index (χ3v) is 5.88. The van der Waals surface area contributed by atoms with Gasteiger partial charge in [-0.1, -0.05) is 12.1 Å². The topological polar surface area (TPSA) is 77.6 Å². The SMILES string of the molecule is Cc1nc2c(-c3ccccc3F)nc(N3CCO[C@@H](c4cnn(C)c4)C3)cn2c(=O)c1C. The summed E-state index contributed by atoms with van der Waals surface area (Å²) in [7, 11) is 1.86. The Bertz CT molecular complexity index is 1380. The van der Waals surface area contributed by atoms with Crippen LogP contribution >= 0.6 is 0 Å². The van der Waals surface area contributed by atoms with E-state index in [1.165, 1.54) is 10.5 Å². The van der Waals surface area contributed by atoms with Gasteiger partial charge in [-0.05, 0) is 26.0 Å². The van der Waals surface area contributed by atoms with E-state index < -0.39 is 5.82 Å². The van der Waals surface area contributed by atoms with Crippen molar-refractivity contribution in [3.8, 4) is 11.3 Å². The highest BCUT2D eigenvalue weighted by molar-refractivity contribution is 5.75. The monoisotopic (exact) mass is 434 g/mol. The Morgan fingerprint density at radius 2 is 1.97 bits per heavy atom. The summed E-state index contributed by atoms with van der Waals surface area (Å²) in [4.78, 5) is 24.5. The van der Waals surface area contributed by atoms with Crippen molar-refractivity contribution in [3.63, 3.8) is 0 Å². The molecule has 0 bridgehead atoms. The standard InChI is InChI=1S/C23H23FN6O2/c1-14-15(2)26-22-21(17-6-4-5-7-18(17)24)27-20(13-30(22)23(14)31)29-8-9-32-19(12-29)16-10-25-28(3)11-16/h4-7,10-11,13,19H,8-9,12H2,1-3H3/t19-/m1/s1. The molecular weight excluding hydrogens is 411 g/mol. The molecule has 5 rings (SSSR count). The Balaban J connectivity index is 1.67. The Morgan fingerprint density at radius 1 is 1.16 bits per heavy atom. The van der Waals surface area contributed by atoms with Crippen LogP contribution < -0.4 is 10.5 Å². The highest BCUT2D eigenvalue weighted by atomic mass is 19.1. The molecule has 0 unspecified atom stereocenters. The molecule has 4 aromatic rings. The molecule has 0 aliphatic carbocycles. The fourth-order valence-corrected chi connectivity index (χ4v) is 3.98. The second-order valence-electron chi connectivity index (χ2n) is 8.00. The molecule has 0 saturated carbocycles. The maximum Gasteiger partial charge on any atom is 0.261 e. The summed E-state index contributed by atoms with van der Waals surface area (Å²) in [6, 6.07) is 6.41. The van der Waals surface area contributed by atoms with Crippen molar-refractivity contribution in [2.45, 2.75) is 20.0 Å². The van der Waals surface area contributed by atoms with Crippen molar-refractivity contribution in [2.75, 3.05) is 24.6 Å². The van der Waals surface area contributed by atoms with Gasteiger partial charge in [0, 0.05) is 42.2 Å². The molecule has 1 aliphatic rings. The number of hydrogen-bond acceptors (Lipinski definition) is 6. The zero-order valence-corrected chi connectivity index (χ0v) is 18.1. The molecule has 164 valence electrons. The minimum absolute atomic E-state index is 0.179. The minimum atomic E-state index is -0.415. The number of hydrogen-bond donors (Lipinski definition) is 0. The number of anilines is 1. The van der Waals surface area contributed by atoms with E-state index in [2.05, 4.69) is 10.1 Å². The molecule has 32 heavy (non-hydrogen) atoms. The van der Waals surface area contributed by atoms with Crippen LogP contribution in [0.3, 0.4) is 0 Å². The first-order valence-corrected chi connectivity index (χ1v) is 10.4. The Kier molecular flexibility index (Phi) is 4.97. The lowest BCUT2D eigenvalue weighted by Crippen LogP contribution is -2.39. The largest absolute Gasteiger partial charge is 0.370 e. The molecule has 0 amide bonds. The fourth-order valence-electron chi connectivity index (χ4n) is 3.98. The third kappa shape index (κ3) is 3.44. The number of aromatic nitrogens is 5. The van der Waals surface area contributed by atoms with Gasteiger partial charge in [0.25, 0.3) is 5.56 Å². The summed E-state index contributed by atoms with van der Waals surface area (Å²) in [6.45, 7) is 5.14. The second-order valence-corrected chi connectivity index (χ2v) is 8.00. The fraction of sp³-hybridized carbons (Fsp3) is 0.304. The summed E-state index contributed by atoms with van der Waals surface area (Å²) in [5, 5.41) is 4.23. The second kappa shape index (κ2) is 7.83. The van der Waals surface area contributed by atoms with Crippen LogP contribution in [0.2, 0.25) is 0 Å². The van der Waals surface area contributed by atoms with Gasteiger partial charge in [-0.2, -0.15) is 5.10 Å². The van der Waals surface area contributed by atoms with Crippen molar-refractivity contribution in [2.24, 2.45) is 7.05 Å².